The molecule has 17 heavy (non-hydrogen) atoms. The molecule has 1 atom stereocenters. The number of hydrogen-bond acceptors (Lipinski definition) is 5. The standard InChI is InChI=1S/C12H17N3O2/c1-13-9-5-7-15(8-9)11-10(12(16)17-2)4-3-6-14-11/h3-4,6,9,13H,5,7-8H2,1-2H3. The topological polar surface area (TPSA) is 54.5 Å². The molecular formula is C12H17N3O2. The maximum absolute atomic E-state index is 11.6. The van der Waals surface area contributed by atoms with Gasteiger partial charge in [-0.2, -0.15) is 0 Å². The monoisotopic (exact) mass is 235 g/mol. The zero-order valence-corrected chi connectivity index (χ0v) is 10.1. The molecule has 0 radical (unpaired) electrons. The summed E-state index contributed by atoms with van der Waals surface area (Å²) in [5.74, 6) is 0.387. The molecule has 0 amide bonds. The first-order valence-electron chi connectivity index (χ1n) is 5.71. The third-order valence-corrected chi connectivity index (χ3v) is 3.09. The van der Waals surface area contributed by atoms with Crippen LogP contribution in [0.15, 0.2) is 18.3 Å². The Hall–Kier alpha value is -1.62. The van der Waals surface area contributed by atoms with E-state index in [-0.39, 0.29) is 5.97 Å². The highest BCUT2D eigenvalue weighted by molar-refractivity contribution is 5.94. The van der Waals surface area contributed by atoms with Crippen molar-refractivity contribution in [3.8, 4) is 0 Å². The molecule has 92 valence electrons. The Morgan fingerprint density at radius 2 is 2.47 bits per heavy atom. The molecule has 0 saturated carbocycles. The van der Waals surface area contributed by atoms with Gasteiger partial charge in [0.2, 0.25) is 0 Å². The first-order valence-corrected chi connectivity index (χ1v) is 5.71. The average molecular weight is 235 g/mol. The lowest BCUT2D eigenvalue weighted by atomic mass is 10.2. The van der Waals surface area contributed by atoms with E-state index >= 15 is 0 Å². The molecule has 5 nitrogen and oxygen atoms in total. The molecule has 1 unspecified atom stereocenters. The number of anilines is 1. The molecule has 0 aromatic carbocycles. The number of ether oxygens (including phenoxy) is 1. The fourth-order valence-electron chi connectivity index (χ4n) is 2.11. The molecule has 0 bridgehead atoms. The molecule has 1 aromatic heterocycles. The minimum atomic E-state index is -0.332. The highest BCUT2D eigenvalue weighted by atomic mass is 16.5. The second-order valence-corrected chi connectivity index (χ2v) is 4.09. The number of nitrogens with one attached hydrogen (secondary N) is 1. The van der Waals surface area contributed by atoms with E-state index < -0.39 is 0 Å². The predicted molar refractivity (Wildman–Crippen MR) is 65.3 cm³/mol. The Kier molecular flexibility index (Phi) is 3.58. The smallest absolute Gasteiger partial charge is 0.341 e. The van der Waals surface area contributed by atoms with E-state index in [4.69, 9.17) is 4.74 Å². The summed E-state index contributed by atoms with van der Waals surface area (Å²) in [5, 5.41) is 3.24. The van der Waals surface area contributed by atoms with Crippen molar-refractivity contribution in [1.82, 2.24) is 10.3 Å². The van der Waals surface area contributed by atoms with E-state index in [1.165, 1.54) is 7.11 Å². The fourth-order valence-corrected chi connectivity index (χ4v) is 2.11. The molecular weight excluding hydrogens is 218 g/mol. The number of pyridine rings is 1. The van der Waals surface area contributed by atoms with Crippen LogP contribution in [-0.2, 0) is 4.74 Å². The molecule has 2 rings (SSSR count). The van der Waals surface area contributed by atoms with Crippen LogP contribution in [0.3, 0.4) is 0 Å². The SMILES string of the molecule is CNC1CCN(c2ncccc2C(=O)OC)C1. The maximum Gasteiger partial charge on any atom is 0.341 e. The van der Waals surface area contributed by atoms with Crippen LogP contribution in [0.5, 0.6) is 0 Å². The van der Waals surface area contributed by atoms with Crippen LogP contribution in [-0.4, -0.2) is 44.2 Å². The molecule has 0 spiro atoms. The van der Waals surface area contributed by atoms with E-state index in [1.807, 2.05) is 7.05 Å². The summed E-state index contributed by atoms with van der Waals surface area (Å²) in [7, 11) is 3.34. The molecule has 1 aliphatic heterocycles. The molecule has 1 N–H and O–H groups in total. The minimum absolute atomic E-state index is 0.332. The van der Waals surface area contributed by atoms with Crippen molar-refractivity contribution in [3.05, 3.63) is 23.9 Å². The quantitative estimate of drug-likeness (QED) is 0.780. The molecule has 2 heterocycles. The van der Waals surface area contributed by atoms with Gasteiger partial charge in [-0.15, -0.1) is 0 Å². The van der Waals surface area contributed by atoms with Gasteiger partial charge in [0.05, 0.1) is 7.11 Å². The zero-order valence-electron chi connectivity index (χ0n) is 10.1. The Morgan fingerprint density at radius 1 is 1.65 bits per heavy atom. The third-order valence-electron chi connectivity index (χ3n) is 3.09. The van der Waals surface area contributed by atoms with E-state index in [2.05, 4.69) is 15.2 Å². The van der Waals surface area contributed by atoms with Gasteiger partial charge in [-0.05, 0) is 25.6 Å². The van der Waals surface area contributed by atoms with Crippen molar-refractivity contribution in [2.45, 2.75) is 12.5 Å². The second kappa shape index (κ2) is 5.14. The zero-order chi connectivity index (χ0) is 12.3. The highest BCUT2D eigenvalue weighted by Gasteiger charge is 2.25. The first-order chi connectivity index (χ1) is 8.26. The van der Waals surface area contributed by atoms with Crippen LogP contribution in [0.2, 0.25) is 0 Å². The molecule has 1 fully saturated rings. The number of aromatic nitrogens is 1. The van der Waals surface area contributed by atoms with Crippen LogP contribution < -0.4 is 10.2 Å². The molecule has 1 aromatic rings. The summed E-state index contributed by atoms with van der Waals surface area (Å²) >= 11 is 0. The molecule has 0 aliphatic carbocycles. The van der Waals surface area contributed by atoms with Gasteiger partial charge in [0.15, 0.2) is 0 Å². The second-order valence-electron chi connectivity index (χ2n) is 4.09. The van der Waals surface area contributed by atoms with Gasteiger partial charge in [0, 0.05) is 25.3 Å². The summed E-state index contributed by atoms with van der Waals surface area (Å²) < 4.78 is 4.77. The lowest BCUT2D eigenvalue weighted by Crippen LogP contribution is -2.30. The summed E-state index contributed by atoms with van der Waals surface area (Å²) in [6.45, 7) is 1.78. The normalized spacial score (nSPS) is 19.4. The van der Waals surface area contributed by atoms with Gasteiger partial charge >= 0.3 is 5.97 Å². The van der Waals surface area contributed by atoms with E-state index in [0.717, 1.165) is 25.3 Å². The van der Waals surface area contributed by atoms with Crippen LogP contribution in [0.4, 0.5) is 5.82 Å². The number of hydrogen-bond donors (Lipinski definition) is 1. The van der Waals surface area contributed by atoms with Gasteiger partial charge < -0.3 is 15.0 Å². The third kappa shape index (κ3) is 2.39. The lowest BCUT2D eigenvalue weighted by molar-refractivity contribution is 0.0601. The summed E-state index contributed by atoms with van der Waals surface area (Å²) in [4.78, 5) is 18.1. The number of esters is 1. The number of methoxy groups -OCH3 is 1. The lowest BCUT2D eigenvalue weighted by Gasteiger charge is -2.19. The minimum Gasteiger partial charge on any atom is -0.465 e. The van der Waals surface area contributed by atoms with Gasteiger partial charge in [0.25, 0.3) is 0 Å². The summed E-state index contributed by atoms with van der Waals surface area (Å²) in [5.41, 5.74) is 0.534. The van der Waals surface area contributed by atoms with Crippen molar-refractivity contribution in [3.63, 3.8) is 0 Å². The van der Waals surface area contributed by atoms with Crippen molar-refractivity contribution in [2.24, 2.45) is 0 Å². The Balaban J connectivity index is 2.23. The van der Waals surface area contributed by atoms with Crippen LogP contribution >= 0.6 is 0 Å². The van der Waals surface area contributed by atoms with Crippen molar-refractivity contribution < 1.29 is 9.53 Å². The van der Waals surface area contributed by atoms with E-state index in [9.17, 15) is 4.79 Å². The molecule has 5 heteroatoms. The molecule has 1 saturated heterocycles. The van der Waals surface area contributed by atoms with E-state index in [0.29, 0.717) is 11.6 Å². The van der Waals surface area contributed by atoms with Gasteiger partial charge in [-0.1, -0.05) is 0 Å². The number of likely N-dealkylation sites (N-methyl/N-ethyl adjacent to an activating group) is 1. The largest absolute Gasteiger partial charge is 0.465 e. The van der Waals surface area contributed by atoms with Crippen molar-refractivity contribution in [2.75, 3.05) is 32.1 Å². The van der Waals surface area contributed by atoms with Gasteiger partial charge in [-0.3, -0.25) is 0 Å². The summed E-state index contributed by atoms with van der Waals surface area (Å²) in [6, 6.07) is 3.96. The predicted octanol–water partition coefficient (Wildman–Crippen LogP) is 0.666. The number of carbonyl (C=O) groups excluding carboxylic acids is 1. The van der Waals surface area contributed by atoms with E-state index in [1.54, 1.807) is 18.3 Å². The maximum atomic E-state index is 11.6. The van der Waals surface area contributed by atoms with Gasteiger partial charge in [0.1, 0.15) is 11.4 Å². The highest BCUT2D eigenvalue weighted by Crippen LogP contribution is 2.22. The number of rotatable bonds is 3. The Morgan fingerprint density at radius 3 is 3.12 bits per heavy atom. The Labute approximate surface area is 101 Å². The number of carbonyl (C=O) groups is 1. The Bertz CT molecular complexity index is 408. The summed E-state index contributed by atoms with van der Waals surface area (Å²) in [6.07, 6.45) is 2.77. The fraction of sp³-hybridized carbons (Fsp3) is 0.500. The average Bonchev–Trinajstić information content (AvgIpc) is 2.86. The molecule has 1 aliphatic rings. The number of nitrogens with zero attached hydrogens (tertiary/aromatic N) is 2. The van der Waals surface area contributed by atoms with Crippen molar-refractivity contribution >= 4 is 11.8 Å². The van der Waals surface area contributed by atoms with Crippen LogP contribution in [0.25, 0.3) is 0 Å². The first kappa shape index (κ1) is 11.9. The van der Waals surface area contributed by atoms with Gasteiger partial charge in [-0.25, -0.2) is 9.78 Å². The van der Waals surface area contributed by atoms with Crippen molar-refractivity contribution in [1.29, 1.82) is 0 Å². The van der Waals surface area contributed by atoms with Crippen LogP contribution in [0.1, 0.15) is 16.8 Å². The van der Waals surface area contributed by atoms with Crippen LogP contribution in [0, 0.1) is 0 Å².